The van der Waals surface area contributed by atoms with Crippen LogP contribution in [0, 0.1) is 11.8 Å². The molecular formula is C23H32N2O4. The van der Waals surface area contributed by atoms with Gasteiger partial charge in [-0.25, -0.2) is 0 Å². The summed E-state index contributed by atoms with van der Waals surface area (Å²) in [5.41, 5.74) is 2.39. The van der Waals surface area contributed by atoms with Gasteiger partial charge < -0.3 is 19.3 Å². The summed E-state index contributed by atoms with van der Waals surface area (Å²) in [6.07, 6.45) is 4.49. The van der Waals surface area contributed by atoms with Crippen LogP contribution in [-0.2, 0) is 22.6 Å². The van der Waals surface area contributed by atoms with Gasteiger partial charge in [-0.2, -0.15) is 0 Å². The molecule has 1 aromatic rings. The molecule has 1 saturated carbocycles. The molecule has 158 valence electrons. The summed E-state index contributed by atoms with van der Waals surface area (Å²) in [6.45, 7) is 7.94. The van der Waals surface area contributed by atoms with E-state index in [-0.39, 0.29) is 17.7 Å². The molecular weight excluding hydrogens is 368 g/mol. The topological polar surface area (TPSA) is 59.1 Å². The summed E-state index contributed by atoms with van der Waals surface area (Å²) in [4.78, 5) is 29.3. The maximum absolute atomic E-state index is 13.1. The molecule has 2 fully saturated rings. The predicted octanol–water partition coefficient (Wildman–Crippen LogP) is 3.02. The summed E-state index contributed by atoms with van der Waals surface area (Å²) in [5.74, 6) is 2.39. The number of benzene rings is 1. The van der Waals surface area contributed by atoms with E-state index in [1.165, 1.54) is 5.56 Å². The van der Waals surface area contributed by atoms with Crippen molar-refractivity contribution in [2.24, 2.45) is 11.8 Å². The van der Waals surface area contributed by atoms with Gasteiger partial charge in [-0.15, -0.1) is 0 Å². The van der Waals surface area contributed by atoms with E-state index in [9.17, 15) is 9.59 Å². The molecule has 29 heavy (non-hydrogen) atoms. The first-order chi connectivity index (χ1) is 14.1. The van der Waals surface area contributed by atoms with Crippen molar-refractivity contribution in [3.63, 3.8) is 0 Å². The van der Waals surface area contributed by atoms with E-state index in [0.717, 1.165) is 68.8 Å². The lowest BCUT2D eigenvalue weighted by molar-refractivity contribution is -0.141. The minimum absolute atomic E-state index is 0.0360. The largest absolute Gasteiger partial charge is 0.490 e. The first-order valence-electron chi connectivity index (χ1n) is 11.1. The zero-order valence-corrected chi connectivity index (χ0v) is 17.6. The highest BCUT2D eigenvalue weighted by molar-refractivity contribution is 5.82. The summed E-state index contributed by atoms with van der Waals surface area (Å²) in [7, 11) is 0. The fourth-order valence-electron chi connectivity index (χ4n) is 4.48. The van der Waals surface area contributed by atoms with Gasteiger partial charge in [-0.1, -0.05) is 0 Å². The van der Waals surface area contributed by atoms with Crippen molar-refractivity contribution < 1.29 is 19.1 Å². The summed E-state index contributed by atoms with van der Waals surface area (Å²) >= 11 is 0. The molecule has 2 heterocycles. The van der Waals surface area contributed by atoms with Gasteiger partial charge in [0, 0.05) is 38.0 Å². The molecule has 0 N–H and O–H groups in total. The highest BCUT2D eigenvalue weighted by Gasteiger charge is 2.37. The molecule has 0 atom stereocenters. The number of likely N-dealkylation sites (tertiary alicyclic amines) is 1. The molecule has 1 aromatic carbocycles. The zero-order chi connectivity index (χ0) is 20.4. The van der Waals surface area contributed by atoms with Crippen molar-refractivity contribution in [2.75, 3.05) is 32.8 Å². The molecule has 1 aliphatic carbocycles. The van der Waals surface area contributed by atoms with E-state index in [2.05, 4.69) is 6.07 Å². The Balaban J connectivity index is 1.39. The van der Waals surface area contributed by atoms with Gasteiger partial charge in [0.25, 0.3) is 0 Å². The predicted molar refractivity (Wildman–Crippen MR) is 110 cm³/mol. The summed E-state index contributed by atoms with van der Waals surface area (Å²) in [5, 5.41) is 0. The highest BCUT2D eigenvalue weighted by Crippen LogP contribution is 2.35. The standard InChI is InChI=1S/C23H32N2O4/c1-3-28-20-13-18-9-12-25(15-19(18)14-21(20)29-4-2)23(27)17-7-10-24(11-8-17)22(26)16-5-6-16/h13-14,16-17H,3-12,15H2,1-2H3. The molecule has 6 nitrogen and oxygen atoms in total. The summed E-state index contributed by atoms with van der Waals surface area (Å²) < 4.78 is 11.5. The van der Waals surface area contributed by atoms with Crippen LogP contribution in [0.2, 0.25) is 0 Å². The normalized spacial score (nSPS) is 19.7. The van der Waals surface area contributed by atoms with Gasteiger partial charge in [0.05, 0.1) is 13.2 Å². The van der Waals surface area contributed by atoms with E-state index in [0.29, 0.717) is 25.7 Å². The molecule has 3 aliphatic rings. The van der Waals surface area contributed by atoms with Crippen molar-refractivity contribution in [3.8, 4) is 11.5 Å². The third kappa shape index (κ3) is 4.36. The first-order valence-corrected chi connectivity index (χ1v) is 11.1. The average molecular weight is 401 g/mol. The maximum atomic E-state index is 13.1. The van der Waals surface area contributed by atoms with Gasteiger partial charge >= 0.3 is 0 Å². The Hall–Kier alpha value is -2.24. The van der Waals surface area contributed by atoms with Crippen LogP contribution < -0.4 is 9.47 Å². The van der Waals surface area contributed by atoms with E-state index in [1.807, 2.05) is 29.7 Å². The van der Waals surface area contributed by atoms with Gasteiger partial charge in [-0.3, -0.25) is 9.59 Å². The molecule has 0 bridgehead atoms. The minimum atomic E-state index is 0.0360. The Morgan fingerprint density at radius 3 is 1.97 bits per heavy atom. The number of fused-ring (bicyclic) bond motifs is 1. The lowest BCUT2D eigenvalue weighted by Gasteiger charge is -2.36. The van der Waals surface area contributed by atoms with Crippen molar-refractivity contribution in [2.45, 2.75) is 52.5 Å². The molecule has 2 aliphatic heterocycles. The molecule has 0 aromatic heterocycles. The fraction of sp³-hybridized carbons (Fsp3) is 0.652. The fourth-order valence-corrected chi connectivity index (χ4v) is 4.48. The smallest absolute Gasteiger partial charge is 0.226 e. The van der Waals surface area contributed by atoms with E-state index in [4.69, 9.17) is 9.47 Å². The molecule has 1 saturated heterocycles. The quantitative estimate of drug-likeness (QED) is 0.737. The number of hydrogen-bond acceptors (Lipinski definition) is 4. The van der Waals surface area contributed by atoms with E-state index in [1.54, 1.807) is 0 Å². The zero-order valence-electron chi connectivity index (χ0n) is 17.6. The summed E-state index contributed by atoms with van der Waals surface area (Å²) in [6, 6.07) is 4.12. The van der Waals surface area contributed by atoms with Crippen LogP contribution in [0.3, 0.4) is 0 Å². The van der Waals surface area contributed by atoms with Crippen LogP contribution in [0.15, 0.2) is 12.1 Å². The van der Waals surface area contributed by atoms with Crippen LogP contribution in [-0.4, -0.2) is 54.5 Å². The second-order valence-electron chi connectivity index (χ2n) is 8.32. The highest BCUT2D eigenvalue weighted by atomic mass is 16.5. The molecule has 2 amide bonds. The van der Waals surface area contributed by atoms with Crippen LogP contribution in [0.5, 0.6) is 11.5 Å². The molecule has 6 heteroatoms. The van der Waals surface area contributed by atoms with E-state index < -0.39 is 0 Å². The van der Waals surface area contributed by atoms with Crippen LogP contribution >= 0.6 is 0 Å². The Morgan fingerprint density at radius 1 is 0.828 bits per heavy atom. The number of piperidine rings is 1. The maximum Gasteiger partial charge on any atom is 0.226 e. The number of rotatable bonds is 6. The number of carbonyl (C=O) groups is 2. The minimum Gasteiger partial charge on any atom is -0.490 e. The Labute approximate surface area is 173 Å². The van der Waals surface area contributed by atoms with Crippen molar-refractivity contribution >= 4 is 11.8 Å². The molecule has 0 spiro atoms. The van der Waals surface area contributed by atoms with Gasteiger partial charge in [0.2, 0.25) is 11.8 Å². The van der Waals surface area contributed by atoms with Crippen molar-refractivity contribution in [1.82, 2.24) is 9.80 Å². The third-order valence-corrected chi connectivity index (χ3v) is 6.27. The lowest BCUT2D eigenvalue weighted by Crippen LogP contribution is -2.46. The lowest BCUT2D eigenvalue weighted by atomic mass is 9.92. The monoisotopic (exact) mass is 400 g/mol. The Kier molecular flexibility index (Phi) is 5.97. The number of ether oxygens (including phenoxy) is 2. The number of hydrogen-bond donors (Lipinski definition) is 0. The first kappa shape index (κ1) is 20.0. The van der Waals surface area contributed by atoms with E-state index >= 15 is 0 Å². The molecule has 0 radical (unpaired) electrons. The van der Waals surface area contributed by atoms with Gasteiger partial charge in [0.1, 0.15) is 0 Å². The molecule has 4 rings (SSSR count). The third-order valence-electron chi connectivity index (χ3n) is 6.27. The second kappa shape index (κ2) is 8.64. The number of amides is 2. The molecule has 0 unspecified atom stereocenters. The number of carbonyl (C=O) groups excluding carboxylic acids is 2. The number of nitrogens with zero attached hydrogens (tertiary/aromatic N) is 2. The second-order valence-corrected chi connectivity index (χ2v) is 8.32. The van der Waals surface area contributed by atoms with Crippen LogP contribution in [0.4, 0.5) is 0 Å². The Morgan fingerprint density at radius 2 is 1.38 bits per heavy atom. The average Bonchev–Trinajstić information content (AvgIpc) is 3.59. The van der Waals surface area contributed by atoms with Crippen LogP contribution in [0.1, 0.15) is 50.7 Å². The van der Waals surface area contributed by atoms with Gasteiger partial charge in [-0.05, 0) is 69.2 Å². The van der Waals surface area contributed by atoms with Crippen molar-refractivity contribution in [3.05, 3.63) is 23.3 Å². The van der Waals surface area contributed by atoms with Crippen molar-refractivity contribution in [1.29, 1.82) is 0 Å². The Bertz CT molecular complexity index is 766. The van der Waals surface area contributed by atoms with Crippen LogP contribution in [0.25, 0.3) is 0 Å². The SMILES string of the molecule is CCOc1cc2c(cc1OCC)CN(C(=O)C1CCN(C(=O)C3CC3)CC1)CC2. The van der Waals surface area contributed by atoms with Gasteiger partial charge in [0.15, 0.2) is 11.5 Å².